The Bertz CT molecular complexity index is 651. The van der Waals surface area contributed by atoms with Gasteiger partial charge in [-0.1, -0.05) is 11.6 Å². The van der Waals surface area contributed by atoms with Crippen molar-refractivity contribution in [2.75, 3.05) is 13.2 Å². The number of carbonyl (C=O) groups is 1. The quantitative estimate of drug-likeness (QED) is 0.880. The van der Waals surface area contributed by atoms with E-state index in [1.54, 1.807) is 36.5 Å². The highest BCUT2D eigenvalue weighted by Crippen LogP contribution is 2.16. The first kappa shape index (κ1) is 15.8. The van der Waals surface area contributed by atoms with Crippen LogP contribution in [0.2, 0.25) is 5.02 Å². The standard InChI is InChI=1S/C16H18ClN3O3/c17-12-3-5-13(6-4-12)23-11-20-15(7-8-19-20)16(21)18-10-14-2-1-9-22-14/h3-8,14H,1-2,9-11H2,(H,18,21). The molecule has 0 radical (unpaired) electrons. The second-order valence-corrected chi connectivity index (χ2v) is 5.72. The Hall–Kier alpha value is -2.05. The molecule has 1 aliphatic heterocycles. The van der Waals surface area contributed by atoms with E-state index in [9.17, 15) is 4.79 Å². The van der Waals surface area contributed by atoms with Gasteiger partial charge in [0.25, 0.3) is 5.91 Å². The first-order valence-corrected chi connectivity index (χ1v) is 7.90. The number of ether oxygens (including phenoxy) is 2. The Labute approximate surface area is 139 Å². The number of benzene rings is 1. The molecule has 3 rings (SSSR count). The van der Waals surface area contributed by atoms with E-state index in [0.717, 1.165) is 19.4 Å². The highest BCUT2D eigenvalue weighted by Gasteiger charge is 2.18. The zero-order valence-electron chi connectivity index (χ0n) is 12.6. The third kappa shape index (κ3) is 4.24. The van der Waals surface area contributed by atoms with Crippen LogP contribution in [0.5, 0.6) is 5.75 Å². The van der Waals surface area contributed by atoms with Crippen molar-refractivity contribution < 1.29 is 14.3 Å². The van der Waals surface area contributed by atoms with Crippen LogP contribution in [0.15, 0.2) is 36.5 Å². The first-order chi connectivity index (χ1) is 11.2. The number of aromatic nitrogens is 2. The van der Waals surface area contributed by atoms with Crippen molar-refractivity contribution >= 4 is 17.5 Å². The maximum atomic E-state index is 12.2. The van der Waals surface area contributed by atoms with Gasteiger partial charge in [-0.3, -0.25) is 4.79 Å². The van der Waals surface area contributed by atoms with Crippen LogP contribution in [-0.2, 0) is 11.5 Å². The lowest BCUT2D eigenvalue weighted by Gasteiger charge is -2.12. The second-order valence-electron chi connectivity index (χ2n) is 5.29. The number of hydrogen-bond acceptors (Lipinski definition) is 4. The molecule has 0 bridgehead atoms. The zero-order valence-corrected chi connectivity index (χ0v) is 13.3. The molecule has 6 nitrogen and oxygen atoms in total. The van der Waals surface area contributed by atoms with Gasteiger partial charge in [0.2, 0.25) is 0 Å². The summed E-state index contributed by atoms with van der Waals surface area (Å²) in [6.45, 7) is 1.44. The number of nitrogens with one attached hydrogen (secondary N) is 1. The Morgan fingerprint density at radius 1 is 1.39 bits per heavy atom. The van der Waals surface area contributed by atoms with E-state index in [0.29, 0.717) is 23.0 Å². The fraction of sp³-hybridized carbons (Fsp3) is 0.375. The van der Waals surface area contributed by atoms with Gasteiger partial charge in [-0.05, 0) is 43.2 Å². The molecule has 1 fully saturated rings. The molecule has 1 N–H and O–H groups in total. The van der Waals surface area contributed by atoms with Crippen LogP contribution in [0.25, 0.3) is 0 Å². The van der Waals surface area contributed by atoms with Gasteiger partial charge in [0.15, 0.2) is 6.73 Å². The van der Waals surface area contributed by atoms with Crippen LogP contribution in [-0.4, -0.2) is 34.9 Å². The molecule has 2 heterocycles. The van der Waals surface area contributed by atoms with Gasteiger partial charge in [0, 0.05) is 24.4 Å². The largest absolute Gasteiger partial charge is 0.471 e. The minimum Gasteiger partial charge on any atom is -0.471 e. The molecule has 0 spiro atoms. The van der Waals surface area contributed by atoms with Crippen molar-refractivity contribution in [3.63, 3.8) is 0 Å². The van der Waals surface area contributed by atoms with Crippen LogP contribution >= 0.6 is 11.6 Å². The molecular weight excluding hydrogens is 318 g/mol. The number of hydrogen-bond donors (Lipinski definition) is 1. The van der Waals surface area contributed by atoms with Crippen molar-refractivity contribution in [1.29, 1.82) is 0 Å². The molecule has 0 aliphatic carbocycles. The van der Waals surface area contributed by atoms with Crippen LogP contribution < -0.4 is 10.1 Å². The molecule has 2 aromatic rings. The summed E-state index contributed by atoms with van der Waals surface area (Å²) in [7, 11) is 0. The molecular formula is C16H18ClN3O3. The number of nitrogens with zero attached hydrogens (tertiary/aromatic N) is 2. The van der Waals surface area contributed by atoms with E-state index in [1.165, 1.54) is 4.68 Å². The van der Waals surface area contributed by atoms with Gasteiger partial charge in [0.05, 0.1) is 6.10 Å². The smallest absolute Gasteiger partial charge is 0.269 e. The topological polar surface area (TPSA) is 65.4 Å². The fourth-order valence-corrected chi connectivity index (χ4v) is 2.52. The molecule has 1 amide bonds. The van der Waals surface area contributed by atoms with E-state index >= 15 is 0 Å². The number of carbonyl (C=O) groups excluding carboxylic acids is 1. The van der Waals surface area contributed by atoms with Gasteiger partial charge in [-0.25, -0.2) is 4.68 Å². The summed E-state index contributed by atoms with van der Waals surface area (Å²) in [5, 5.41) is 7.64. The van der Waals surface area contributed by atoms with Crippen molar-refractivity contribution in [2.45, 2.75) is 25.7 Å². The van der Waals surface area contributed by atoms with Crippen LogP contribution in [0.3, 0.4) is 0 Å². The summed E-state index contributed by atoms with van der Waals surface area (Å²) >= 11 is 5.83. The van der Waals surface area contributed by atoms with E-state index < -0.39 is 0 Å². The fourth-order valence-electron chi connectivity index (χ4n) is 2.40. The van der Waals surface area contributed by atoms with Gasteiger partial charge < -0.3 is 14.8 Å². The highest BCUT2D eigenvalue weighted by atomic mass is 35.5. The Kier molecular flexibility index (Phi) is 5.15. The maximum Gasteiger partial charge on any atom is 0.269 e. The second kappa shape index (κ2) is 7.48. The first-order valence-electron chi connectivity index (χ1n) is 7.52. The lowest BCUT2D eigenvalue weighted by atomic mass is 10.2. The summed E-state index contributed by atoms with van der Waals surface area (Å²) < 4.78 is 12.6. The van der Waals surface area contributed by atoms with E-state index in [1.807, 2.05) is 0 Å². The van der Waals surface area contributed by atoms with Gasteiger partial charge in [0.1, 0.15) is 11.4 Å². The van der Waals surface area contributed by atoms with E-state index in [-0.39, 0.29) is 18.7 Å². The van der Waals surface area contributed by atoms with Crippen molar-refractivity contribution in [3.05, 3.63) is 47.2 Å². The Balaban J connectivity index is 1.55. The normalized spacial score (nSPS) is 17.2. The Morgan fingerprint density at radius 3 is 2.96 bits per heavy atom. The minimum atomic E-state index is -0.183. The maximum absolute atomic E-state index is 12.2. The van der Waals surface area contributed by atoms with E-state index in [4.69, 9.17) is 21.1 Å². The van der Waals surface area contributed by atoms with Crippen molar-refractivity contribution in [3.8, 4) is 5.75 Å². The lowest BCUT2D eigenvalue weighted by molar-refractivity contribution is 0.0841. The predicted octanol–water partition coefficient (Wildman–Crippen LogP) is 2.48. The zero-order chi connectivity index (χ0) is 16.1. The molecule has 1 aliphatic rings. The SMILES string of the molecule is O=C(NCC1CCCO1)c1ccnn1COc1ccc(Cl)cc1. The van der Waals surface area contributed by atoms with Gasteiger partial charge in [-0.2, -0.15) is 5.10 Å². The third-order valence-corrected chi connectivity index (χ3v) is 3.88. The predicted molar refractivity (Wildman–Crippen MR) is 85.6 cm³/mol. The van der Waals surface area contributed by atoms with Gasteiger partial charge >= 0.3 is 0 Å². The monoisotopic (exact) mass is 335 g/mol. The van der Waals surface area contributed by atoms with Crippen molar-refractivity contribution in [2.24, 2.45) is 0 Å². The molecule has 1 aromatic heterocycles. The molecule has 0 saturated carbocycles. The summed E-state index contributed by atoms with van der Waals surface area (Å²) in [6, 6.07) is 8.69. The number of rotatable bonds is 6. The van der Waals surface area contributed by atoms with E-state index in [2.05, 4.69) is 10.4 Å². The summed E-state index contributed by atoms with van der Waals surface area (Å²) in [6.07, 6.45) is 3.72. The Morgan fingerprint density at radius 2 is 2.22 bits per heavy atom. The summed E-state index contributed by atoms with van der Waals surface area (Å²) in [5.74, 6) is 0.480. The molecule has 1 unspecified atom stereocenters. The lowest BCUT2D eigenvalue weighted by Crippen LogP contribution is -2.33. The summed E-state index contributed by atoms with van der Waals surface area (Å²) in [4.78, 5) is 12.2. The van der Waals surface area contributed by atoms with Gasteiger partial charge in [-0.15, -0.1) is 0 Å². The average molecular weight is 336 g/mol. The molecule has 122 valence electrons. The average Bonchev–Trinajstić information content (AvgIpc) is 3.23. The highest BCUT2D eigenvalue weighted by molar-refractivity contribution is 6.30. The summed E-state index contributed by atoms with van der Waals surface area (Å²) in [5.41, 5.74) is 0.456. The molecule has 1 saturated heterocycles. The number of amides is 1. The third-order valence-electron chi connectivity index (χ3n) is 3.63. The van der Waals surface area contributed by atoms with Crippen LogP contribution in [0.1, 0.15) is 23.3 Å². The van der Waals surface area contributed by atoms with Crippen LogP contribution in [0.4, 0.5) is 0 Å². The molecule has 7 heteroatoms. The van der Waals surface area contributed by atoms with Crippen LogP contribution in [0, 0.1) is 0 Å². The molecule has 1 atom stereocenters. The number of halogens is 1. The molecule has 1 aromatic carbocycles. The van der Waals surface area contributed by atoms with Crippen molar-refractivity contribution in [1.82, 2.24) is 15.1 Å². The minimum absolute atomic E-state index is 0.112. The molecule has 23 heavy (non-hydrogen) atoms.